The van der Waals surface area contributed by atoms with E-state index in [0.717, 1.165) is 9.95 Å². The highest BCUT2D eigenvalue weighted by molar-refractivity contribution is 6.41. The number of fused-ring (bicyclic) bond motifs is 1. The van der Waals surface area contributed by atoms with E-state index >= 15 is 0 Å². The zero-order chi connectivity index (χ0) is 15.9. The first-order chi connectivity index (χ1) is 10.5. The van der Waals surface area contributed by atoms with Gasteiger partial charge in [-0.15, -0.1) is 0 Å². The van der Waals surface area contributed by atoms with Crippen LogP contribution >= 0.6 is 0 Å². The Balaban J connectivity index is 2.23. The van der Waals surface area contributed by atoms with Gasteiger partial charge in [-0.3, -0.25) is 14.4 Å². The van der Waals surface area contributed by atoms with Crippen LogP contribution in [0.1, 0.15) is 23.2 Å². The number of nitrogens with one attached hydrogen (secondary N) is 1. The van der Waals surface area contributed by atoms with Crippen LogP contribution in [0.2, 0.25) is 0 Å². The Labute approximate surface area is 125 Å². The van der Waals surface area contributed by atoms with Crippen molar-refractivity contribution < 1.29 is 9.59 Å². The molecular weight excluding hydrogens is 284 g/mol. The number of carbonyl (C=O) groups excluding carboxylic acids is 2. The van der Waals surface area contributed by atoms with E-state index in [1.165, 1.54) is 0 Å². The number of pyridine rings is 1. The van der Waals surface area contributed by atoms with Gasteiger partial charge in [0.1, 0.15) is 5.71 Å². The molecule has 1 aromatic carbocycles. The van der Waals surface area contributed by atoms with Crippen molar-refractivity contribution in [3.8, 4) is 0 Å². The lowest BCUT2D eigenvalue weighted by molar-refractivity contribution is -0.121. The Morgan fingerprint density at radius 1 is 1.27 bits per heavy atom. The van der Waals surface area contributed by atoms with Gasteiger partial charge in [0.25, 0.3) is 11.5 Å². The molecule has 0 aliphatic carbocycles. The summed E-state index contributed by atoms with van der Waals surface area (Å²) in [5.74, 6) is -0.786. The Morgan fingerprint density at radius 2 is 2.05 bits per heavy atom. The van der Waals surface area contributed by atoms with Crippen molar-refractivity contribution >= 4 is 34.1 Å². The van der Waals surface area contributed by atoms with Gasteiger partial charge < -0.3 is 5.73 Å². The highest BCUT2D eigenvalue weighted by Gasteiger charge is 2.22. The number of nitrogens with two attached hydrogens (primary N) is 1. The van der Waals surface area contributed by atoms with E-state index in [2.05, 4.69) is 10.5 Å². The Kier molecular flexibility index (Phi) is 3.25. The lowest BCUT2D eigenvalue weighted by atomic mass is 10.1. The minimum absolute atomic E-state index is 0.149. The maximum absolute atomic E-state index is 12.6. The van der Waals surface area contributed by atoms with Crippen molar-refractivity contribution in [2.24, 2.45) is 5.10 Å². The third-order valence-corrected chi connectivity index (χ3v) is 3.56. The van der Waals surface area contributed by atoms with Crippen LogP contribution in [0, 0.1) is 6.92 Å². The van der Waals surface area contributed by atoms with Crippen LogP contribution in [-0.4, -0.2) is 22.1 Å². The second-order valence-corrected chi connectivity index (χ2v) is 5.18. The smallest absolute Gasteiger partial charge is 0.281 e. The molecule has 0 atom stereocenters. The fourth-order valence-corrected chi connectivity index (χ4v) is 2.42. The van der Waals surface area contributed by atoms with Gasteiger partial charge in [0.05, 0.1) is 5.52 Å². The normalized spacial score (nSPS) is 14.6. The van der Waals surface area contributed by atoms with Crippen LogP contribution in [0.4, 0.5) is 5.69 Å². The average Bonchev–Trinajstić information content (AvgIpc) is 2.49. The van der Waals surface area contributed by atoms with E-state index < -0.39 is 11.5 Å². The van der Waals surface area contributed by atoms with Gasteiger partial charge in [-0.1, -0.05) is 6.07 Å². The zero-order valence-electron chi connectivity index (χ0n) is 11.9. The largest absolute Gasteiger partial charge is 0.399 e. The van der Waals surface area contributed by atoms with Gasteiger partial charge in [-0.25, -0.2) is 9.99 Å². The highest BCUT2D eigenvalue weighted by Crippen LogP contribution is 2.17. The summed E-state index contributed by atoms with van der Waals surface area (Å²) in [6.45, 7) is 1.65. The molecule has 3 rings (SSSR count). The van der Waals surface area contributed by atoms with E-state index in [0.29, 0.717) is 16.8 Å². The SMILES string of the molecule is Cc1cc2ccc(N)cc2n(C(=O)C2=NNC(=O)CC2)c1=O. The molecule has 1 amide bonds. The van der Waals surface area contributed by atoms with Crippen LogP contribution in [-0.2, 0) is 4.79 Å². The number of hydrogen-bond donors (Lipinski definition) is 2. The van der Waals surface area contributed by atoms with Crippen molar-refractivity contribution in [2.75, 3.05) is 5.73 Å². The van der Waals surface area contributed by atoms with Crippen LogP contribution in [0.5, 0.6) is 0 Å². The number of aryl methyl sites for hydroxylation is 1. The predicted molar refractivity (Wildman–Crippen MR) is 82.8 cm³/mol. The fourth-order valence-electron chi connectivity index (χ4n) is 2.42. The summed E-state index contributed by atoms with van der Waals surface area (Å²) in [4.78, 5) is 36.2. The van der Waals surface area contributed by atoms with Crippen LogP contribution in [0.25, 0.3) is 10.9 Å². The number of rotatable bonds is 1. The molecule has 0 saturated carbocycles. The molecule has 0 bridgehead atoms. The number of nitrogens with zero attached hydrogens (tertiary/aromatic N) is 2. The summed E-state index contributed by atoms with van der Waals surface area (Å²) in [7, 11) is 0. The first-order valence-electron chi connectivity index (χ1n) is 6.79. The average molecular weight is 298 g/mol. The number of nitrogen functional groups attached to an aromatic ring is 1. The maximum atomic E-state index is 12.6. The number of hydrogen-bond acceptors (Lipinski definition) is 5. The molecule has 22 heavy (non-hydrogen) atoms. The van der Waals surface area contributed by atoms with Crippen LogP contribution < -0.4 is 16.7 Å². The number of benzene rings is 1. The van der Waals surface area contributed by atoms with Crippen LogP contribution in [0.15, 0.2) is 34.2 Å². The summed E-state index contributed by atoms with van der Waals surface area (Å²) in [5, 5.41) is 4.50. The second-order valence-electron chi connectivity index (χ2n) is 5.18. The molecule has 7 nitrogen and oxygen atoms in total. The van der Waals surface area contributed by atoms with Gasteiger partial charge in [-0.05, 0) is 30.5 Å². The molecule has 112 valence electrons. The molecule has 0 radical (unpaired) electrons. The summed E-state index contributed by atoms with van der Waals surface area (Å²) in [6, 6.07) is 6.76. The van der Waals surface area contributed by atoms with E-state index in [-0.39, 0.29) is 24.5 Å². The summed E-state index contributed by atoms with van der Waals surface area (Å²) >= 11 is 0. The molecule has 3 N–H and O–H groups in total. The Bertz CT molecular complexity index is 896. The van der Waals surface area contributed by atoms with Gasteiger partial charge in [-0.2, -0.15) is 5.10 Å². The van der Waals surface area contributed by atoms with Crippen molar-refractivity contribution in [1.82, 2.24) is 9.99 Å². The lowest BCUT2D eigenvalue weighted by Crippen LogP contribution is -2.37. The molecule has 0 fully saturated rings. The predicted octanol–water partition coefficient (Wildman–Crippen LogP) is 0.798. The molecule has 2 aromatic rings. The summed E-state index contributed by atoms with van der Waals surface area (Å²) in [6.07, 6.45) is 0.375. The van der Waals surface area contributed by atoms with Gasteiger partial charge >= 0.3 is 0 Å². The van der Waals surface area contributed by atoms with E-state index in [1.807, 2.05) is 0 Å². The van der Waals surface area contributed by atoms with Crippen molar-refractivity contribution in [3.63, 3.8) is 0 Å². The molecule has 1 aromatic heterocycles. The first kappa shape index (κ1) is 14.0. The molecule has 0 saturated heterocycles. The highest BCUT2D eigenvalue weighted by atomic mass is 16.2. The molecular formula is C15H14N4O3. The number of carbonyl (C=O) groups is 2. The van der Waals surface area contributed by atoms with E-state index in [4.69, 9.17) is 5.73 Å². The lowest BCUT2D eigenvalue weighted by Gasteiger charge is -2.14. The Morgan fingerprint density at radius 3 is 2.73 bits per heavy atom. The van der Waals surface area contributed by atoms with Crippen molar-refractivity contribution in [3.05, 3.63) is 40.2 Å². The molecule has 7 heteroatoms. The molecule has 2 heterocycles. The Hall–Kier alpha value is -2.96. The fraction of sp³-hybridized carbons (Fsp3) is 0.200. The van der Waals surface area contributed by atoms with Crippen molar-refractivity contribution in [2.45, 2.75) is 19.8 Å². The summed E-state index contributed by atoms with van der Waals surface area (Å²) < 4.78 is 1.07. The summed E-state index contributed by atoms with van der Waals surface area (Å²) in [5.41, 5.74) is 9.10. The molecule has 1 aliphatic rings. The minimum Gasteiger partial charge on any atom is -0.399 e. The van der Waals surface area contributed by atoms with Gasteiger partial charge in [0, 0.05) is 24.1 Å². The van der Waals surface area contributed by atoms with Gasteiger partial charge in [0.15, 0.2) is 0 Å². The minimum atomic E-state index is -0.538. The molecule has 0 spiro atoms. The standard InChI is InChI=1S/C15H14N4O3/c1-8-6-9-2-3-10(16)7-12(9)19(14(8)21)15(22)11-4-5-13(20)18-17-11/h2-3,6-7H,4-5,16H2,1H3,(H,18,20). The quantitative estimate of drug-likeness (QED) is 0.759. The monoisotopic (exact) mass is 298 g/mol. The molecule has 1 aliphatic heterocycles. The number of amides is 1. The number of aromatic nitrogens is 1. The first-order valence-corrected chi connectivity index (χ1v) is 6.79. The number of anilines is 1. The van der Waals surface area contributed by atoms with E-state index in [9.17, 15) is 14.4 Å². The number of hydrazone groups is 1. The maximum Gasteiger partial charge on any atom is 0.281 e. The van der Waals surface area contributed by atoms with Crippen LogP contribution in [0.3, 0.4) is 0 Å². The van der Waals surface area contributed by atoms with Crippen molar-refractivity contribution in [1.29, 1.82) is 0 Å². The second kappa shape index (κ2) is 5.10. The topological polar surface area (TPSA) is 107 Å². The zero-order valence-corrected chi connectivity index (χ0v) is 11.9. The molecule has 0 unspecified atom stereocenters. The van der Waals surface area contributed by atoms with E-state index in [1.54, 1.807) is 31.2 Å². The third kappa shape index (κ3) is 2.26. The third-order valence-electron chi connectivity index (χ3n) is 3.56. The van der Waals surface area contributed by atoms with Gasteiger partial charge in [0.2, 0.25) is 5.91 Å².